The molecule has 1 saturated carbocycles. The SMILES string of the molecule is CC(C)c1cc(-c2nnc(O)n2-c2ccc3c(ccn3CCC3CCN(C(=O)C[C@]45OC(C)(C)O[C@H]4C[C@H](C)C[C@@H]5C)CC3)c2)c(O)cc1O. The number of phenols is 2. The van der Waals surface area contributed by atoms with Crippen molar-refractivity contribution in [3.63, 3.8) is 0 Å². The molecule has 3 aliphatic rings. The van der Waals surface area contributed by atoms with E-state index in [4.69, 9.17) is 9.47 Å². The van der Waals surface area contributed by atoms with Crippen LogP contribution >= 0.6 is 0 Å². The molecule has 11 heteroatoms. The molecule has 4 heterocycles. The number of phenolic OH excluding ortho intramolecular Hbond substituents is 2. The predicted octanol–water partition coefficient (Wildman–Crippen LogP) is 7.10. The fourth-order valence-corrected chi connectivity index (χ4v) is 8.83. The average Bonchev–Trinajstić information content (AvgIpc) is 3.72. The smallest absolute Gasteiger partial charge is 0.319 e. The molecular formula is C39H51N5O6. The first-order valence-electron chi connectivity index (χ1n) is 18.2. The van der Waals surface area contributed by atoms with E-state index < -0.39 is 11.4 Å². The maximum Gasteiger partial charge on any atom is 0.319 e. The van der Waals surface area contributed by atoms with Gasteiger partial charge in [0.05, 0.1) is 23.8 Å². The zero-order valence-electron chi connectivity index (χ0n) is 30.1. The number of benzene rings is 2. The van der Waals surface area contributed by atoms with Gasteiger partial charge in [0.2, 0.25) is 5.91 Å². The zero-order chi connectivity index (χ0) is 35.5. The summed E-state index contributed by atoms with van der Waals surface area (Å²) in [4.78, 5) is 15.7. The van der Waals surface area contributed by atoms with Gasteiger partial charge in [0.25, 0.3) is 0 Å². The number of fused-ring (bicyclic) bond motifs is 2. The van der Waals surface area contributed by atoms with E-state index in [1.54, 1.807) is 6.07 Å². The lowest BCUT2D eigenvalue weighted by Crippen LogP contribution is -2.54. The third-order valence-electron chi connectivity index (χ3n) is 11.5. The Morgan fingerprint density at radius 1 is 1.00 bits per heavy atom. The van der Waals surface area contributed by atoms with Crippen LogP contribution in [0.2, 0.25) is 0 Å². The predicted molar refractivity (Wildman–Crippen MR) is 190 cm³/mol. The van der Waals surface area contributed by atoms with Crippen LogP contribution in [0.1, 0.15) is 91.5 Å². The first kappa shape index (κ1) is 34.4. The van der Waals surface area contributed by atoms with Crippen LogP contribution in [0, 0.1) is 17.8 Å². The van der Waals surface area contributed by atoms with Crippen molar-refractivity contribution in [2.24, 2.45) is 17.8 Å². The number of ether oxygens (including phenoxy) is 2. The number of carbonyl (C=O) groups excluding carboxylic acids is 1. The van der Waals surface area contributed by atoms with Crippen LogP contribution < -0.4 is 0 Å². The molecule has 2 aromatic heterocycles. The van der Waals surface area contributed by atoms with Gasteiger partial charge in [-0.05, 0) is 106 Å². The lowest BCUT2D eigenvalue weighted by atomic mass is 9.68. The molecule has 1 amide bonds. The van der Waals surface area contributed by atoms with Crippen molar-refractivity contribution < 1.29 is 29.6 Å². The molecule has 0 spiro atoms. The number of hydrogen-bond donors (Lipinski definition) is 3. The Morgan fingerprint density at radius 2 is 1.76 bits per heavy atom. The van der Waals surface area contributed by atoms with Crippen LogP contribution in [0.4, 0.5) is 0 Å². The second-order valence-electron chi connectivity index (χ2n) is 15.8. The summed E-state index contributed by atoms with van der Waals surface area (Å²) in [6.45, 7) is 14.8. The standard InChI is InChI=1S/C39H51N5O6/c1-23(2)29-20-30(33(46)21-32(29)45)36-40-41-37(48)44(36)28-7-8-31-27(19-28)12-16-42(31)13-9-26-10-14-43(15-11-26)35(47)22-39-25(4)17-24(3)18-34(39)49-38(5,6)50-39/h7-8,12,16,19-21,23-26,34,45-46H,9-11,13-15,17-18,22H2,1-6H3,(H,41,48)/t24-,25+,34+,39-/m1/s1. The lowest BCUT2D eigenvalue weighted by Gasteiger charge is -2.45. The van der Waals surface area contributed by atoms with Gasteiger partial charge in [0, 0.05) is 42.8 Å². The minimum Gasteiger partial charge on any atom is -0.508 e. The van der Waals surface area contributed by atoms with Crippen molar-refractivity contribution in [2.45, 2.75) is 110 Å². The highest BCUT2D eigenvalue weighted by atomic mass is 16.8. The molecule has 4 aromatic rings. The summed E-state index contributed by atoms with van der Waals surface area (Å²) in [5, 5.41) is 40.8. The van der Waals surface area contributed by atoms with Crippen LogP contribution in [0.15, 0.2) is 42.6 Å². The molecule has 0 radical (unpaired) electrons. The number of rotatable bonds is 8. The molecule has 50 heavy (non-hydrogen) atoms. The van der Waals surface area contributed by atoms with Gasteiger partial charge < -0.3 is 34.3 Å². The van der Waals surface area contributed by atoms with E-state index in [0.717, 1.165) is 62.6 Å². The highest BCUT2D eigenvalue weighted by Crippen LogP contribution is 2.51. The van der Waals surface area contributed by atoms with E-state index in [-0.39, 0.29) is 47.2 Å². The molecule has 11 nitrogen and oxygen atoms in total. The number of hydrogen-bond acceptors (Lipinski definition) is 8. The minimum atomic E-state index is -0.669. The van der Waals surface area contributed by atoms with Crippen molar-refractivity contribution in [3.8, 4) is 34.6 Å². The molecule has 2 aromatic carbocycles. The van der Waals surface area contributed by atoms with Crippen LogP contribution in [0.25, 0.3) is 28.0 Å². The second kappa shape index (κ2) is 12.9. The summed E-state index contributed by atoms with van der Waals surface area (Å²) in [6.07, 6.45) is 7.42. The summed E-state index contributed by atoms with van der Waals surface area (Å²) in [7, 11) is 0. The summed E-state index contributed by atoms with van der Waals surface area (Å²) < 4.78 is 16.7. The molecule has 7 rings (SSSR count). The Balaban J connectivity index is 0.995. The van der Waals surface area contributed by atoms with Crippen LogP contribution in [-0.2, 0) is 20.8 Å². The van der Waals surface area contributed by atoms with E-state index in [0.29, 0.717) is 35.1 Å². The lowest BCUT2D eigenvalue weighted by molar-refractivity contribution is -0.178. The Hall–Kier alpha value is -4.09. The molecule has 0 unspecified atom stereocenters. The van der Waals surface area contributed by atoms with Gasteiger partial charge in [-0.1, -0.05) is 32.8 Å². The van der Waals surface area contributed by atoms with Crippen LogP contribution in [-0.4, -0.2) is 76.0 Å². The maximum atomic E-state index is 13.7. The number of likely N-dealkylation sites (tertiary alicyclic amines) is 1. The molecule has 268 valence electrons. The third-order valence-corrected chi connectivity index (χ3v) is 11.5. The van der Waals surface area contributed by atoms with Gasteiger partial charge in [-0.15, -0.1) is 5.10 Å². The van der Waals surface area contributed by atoms with Crippen LogP contribution in [0.3, 0.4) is 0 Å². The molecule has 2 aliphatic heterocycles. The van der Waals surface area contributed by atoms with E-state index >= 15 is 0 Å². The van der Waals surface area contributed by atoms with Gasteiger partial charge in [0.15, 0.2) is 11.6 Å². The largest absolute Gasteiger partial charge is 0.508 e. The fourth-order valence-electron chi connectivity index (χ4n) is 8.83. The number of nitrogens with zero attached hydrogens (tertiary/aromatic N) is 5. The average molecular weight is 686 g/mol. The summed E-state index contributed by atoms with van der Waals surface area (Å²) in [5.74, 6) is 1.03. The topological polar surface area (TPSA) is 135 Å². The normalized spacial score (nSPS) is 25.4. The van der Waals surface area contributed by atoms with Crippen molar-refractivity contribution in [1.29, 1.82) is 0 Å². The minimum absolute atomic E-state index is 0.00833. The number of amides is 1. The maximum absolute atomic E-state index is 13.7. The molecule has 3 fully saturated rings. The van der Waals surface area contributed by atoms with Crippen LogP contribution in [0.5, 0.6) is 17.5 Å². The highest BCUT2D eigenvalue weighted by molar-refractivity contribution is 5.83. The molecule has 0 bridgehead atoms. The molecule has 4 atom stereocenters. The molecule has 1 aliphatic carbocycles. The number of aromatic nitrogens is 4. The first-order chi connectivity index (χ1) is 23.7. The van der Waals surface area contributed by atoms with Gasteiger partial charge in [-0.2, -0.15) is 0 Å². The van der Waals surface area contributed by atoms with E-state index in [2.05, 4.69) is 40.9 Å². The second-order valence-corrected chi connectivity index (χ2v) is 15.8. The van der Waals surface area contributed by atoms with Crippen molar-refractivity contribution >= 4 is 16.8 Å². The van der Waals surface area contributed by atoms with E-state index in [1.165, 1.54) is 10.6 Å². The first-order valence-corrected chi connectivity index (χ1v) is 18.2. The number of aryl methyl sites for hydroxylation is 1. The van der Waals surface area contributed by atoms with Gasteiger partial charge in [-0.3, -0.25) is 4.79 Å². The Kier molecular flexibility index (Phi) is 8.87. The van der Waals surface area contributed by atoms with Gasteiger partial charge in [-0.25, -0.2) is 4.57 Å². The molecule has 3 N–H and O–H groups in total. The quantitative estimate of drug-likeness (QED) is 0.179. The van der Waals surface area contributed by atoms with Crippen molar-refractivity contribution in [3.05, 3.63) is 48.2 Å². The van der Waals surface area contributed by atoms with Gasteiger partial charge in [0.1, 0.15) is 17.1 Å². The van der Waals surface area contributed by atoms with E-state index in [9.17, 15) is 20.1 Å². The Labute approximate surface area is 293 Å². The molecule has 2 saturated heterocycles. The van der Waals surface area contributed by atoms with Gasteiger partial charge >= 0.3 is 6.01 Å². The monoisotopic (exact) mass is 685 g/mol. The third kappa shape index (κ3) is 6.23. The summed E-state index contributed by atoms with van der Waals surface area (Å²) >= 11 is 0. The Bertz CT molecular complexity index is 1890. The van der Waals surface area contributed by atoms with Crippen molar-refractivity contribution in [1.82, 2.24) is 24.2 Å². The summed E-state index contributed by atoms with van der Waals surface area (Å²) in [5.41, 5.74) is 2.23. The Morgan fingerprint density at radius 3 is 2.50 bits per heavy atom. The highest BCUT2D eigenvalue weighted by Gasteiger charge is 2.59. The number of aromatic hydroxyl groups is 3. The van der Waals surface area contributed by atoms with E-state index in [1.807, 2.05) is 50.8 Å². The fraction of sp³-hybridized carbons (Fsp3) is 0.564. The molecular weight excluding hydrogens is 634 g/mol. The number of carbonyl (C=O) groups is 1. The zero-order valence-corrected chi connectivity index (χ0v) is 30.1. The van der Waals surface area contributed by atoms with Crippen molar-refractivity contribution in [2.75, 3.05) is 13.1 Å². The summed E-state index contributed by atoms with van der Waals surface area (Å²) in [6, 6.07) is 10.7. The number of piperidine rings is 1.